The molecule has 3 aromatic rings. The molecule has 0 fully saturated rings. The number of hydrogen-bond donors (Lipinski definition) is 0. The van der Waals surface area contributed by atoms with Crippen molar-refractivity contribution in [1.82, 2.24) is 9.55 Å². The first-order chi connectivity index (χ1) is 10.1. The van der Waals surface area contributed by atoms with Crippen LogP contribution in [0.2, 0.25) is 5.02 Å². The molecule has 5 heteroatoms. The maximum atomic E-state index is 13.8. The van der Waals surface area contributed by atoms with Crippen molar-refractivity contribution in [1.29, 1.82) is 0 Å². The summed E-state index contributed by atoms with van der Waals surface area (Å²) in [7, 11) is 0. The Labute approximate surface area is 132 Å². The van der Waals surface area contributed by atoms with Gasteiger partial charge in [0.25, 0.3) is 0 Å². The Morgan fingerprint density at radius 2 is 2.05 bits per heavy atom. The topological polar surface area (TPSA) is 17.8 Å². The van der Waals surface area contributed by atoms with Crippen molar-refractivity contribution in [3.8, 4) is 5.69 Å². The first kappa shape index (κ1) is 14.4. The second-order valence-electron chi connectivity index (χ2n) is 4.84. The maximum Gasteiger partial charge on any atom is 0.143 e. The van der Waals surface area contributed by atoms with Crippen LogP contribution in [0.5, 0.6) is 0 Å². The standard InChI is InChI=1S/C16H13Cl2FN2/c1-10-3-2-4-14-16(10)21(15(20-14)7-8-17)11-5-6-12(18)13(19)9-11/h2-6,9H,7-8H2,1H3. The quantitative estimate of drug-likeness (QED) is 0.626. The van der Waals surface area contributed by atoms with E-state index in [4.69, 9.17) is 23.2 Å². The summed E-state index contributed by atoms with van der Waals surface area (Å²) in [5.74, 6) is 0.829. The average Bonchev–Trinajstić information content (AvgIpc) is 2.82. The van der Waals surface area contributed by atoms with Gasteiger partial charge in [0.2, 0.25) is 0 Å². The van der Waals surface area contributed by atoms with E-state index in [0.29, 0.717) is 18.0 Å². The van der Waals surface area contributed by atoms with Crippen LogP contribution in [0.25, 0.3) is 16.7 Å². The van der Waals surface area contributed by atoms with Gasteiger partial charge in [-0.25, -0.2) is 9.37 Å². The number of fused-ring (bicyclic) bond motifs is 1. The van der Waals surface area contributed by atoms with Gasteiger partial charge in [0.15, 0.2) is 0 Å². The molecule has 1 heterocycles. The van der Waals surface area contributed by atoms with Crippen molar-refractivity contribution in [2.24, 2.45) is 0 Å². The number of alkyl halides is 1. The first-order valence-corrected chi connectivity index (χ1v) is 7.51. The lowest BCUT2D eigenvalue weighted by Crippen LogP contribution is -2.03. The van der Waals surface area contributed by atoms with Gasteiger partial charge in [-0.2, -0.15) is 0 Å². The highest BCUT2D eigenvalue weighted by atomic mass is 35.5. The van der Waals surface area contributed by atoms with Gasteiger partial charge >= 0.3 is 0 Å². The fourth-order valence-corrected chi connectivity index (χ4v) is 2.78. The molecule has 0 atom stereocenters. The highest BCUT2D eigenvalue weighted by molar-refractivity contribution is 6.30. The van der Waals surface area contributed by atoms with E-state index in [2.05, 4.69) is 4.98 Å². The predicted octanol–water partition coefficient (Wildman–Crippen LogP) is 4.91. The van der Waals surface area contributed by atoms with Gasteiger partial charge in [0.1, 0.15) is 11.6 Å². The minimum atomic E-state index is -0.443. The third-order valence-electron chi connectivity index (χ3n) is 3.43. The molecular weight excluding hydrogens is 310 g/mol. The van der Waals surface area contributed by atoms with Crippen LogP contribution in [0.15, 0.2) is 36.4 Å². The summed E-state index contributed by atoms with van der Waals surface area (Å²) in [6.45, 7) is 2.01. The third kappa shape index (κ3) is 2.52. The van der Waals surface area contributed by atoms with Crippen molar-refractivity contribution in [3.05, 3.63) is 58.6 Å². The van der Waals surface area contributed by atoms with E-state index in [1.54, 1.807) is 12.1 Å². The van der Waals surface area contributed by atoms with E-state index in [-0.39, 0.29) is 5.02 Å². The minimum absolute atomic E-state index is 0.110. The van der Waals surface area contributed by atoms with Crippen LogP contribution < -0.4 is 0 Å². The molecule has 21 heavy (non-hydrogen) atoms. The molecule has 2 nitrogen and oxygen atoms in total. The van der Waals surface area contributed by atoms with Crippen LogP contribution in [-0.4, -0.2) is 15.4 Å². The van der Waals surface area contributed by atoms with Gasteiger partial charge in [0.05, 0.1) is 21.7 Å². The van der Waals surface area contributed by atoms with Crippen molar-refractivity contribution in [2.75, 3.05) is 5.88 Å². The lowest BCUT2D eigenvalue weighted by molar-refractivity contribution is 0.627. The predicted molar refractivity (Wildman–Crippen MR) is 85.2 cm³/mol. The molecule has 3 rings (SSSR count). The molecule has 0 saturated heterocycles. The normalized spacial score (nSPS) is 11.2. The molecule has 0 aliphatic carbocycles. The second-order valence-corrected chi connectivity index (χ2v) is 5.63. The van der Waals surface area contributed by atoms with E-state index in [1.165, 1.54) is 6.07 Å². The third-order valence-corrected chi connectivity index (χ3v) is 3.92. The number of benzene rings is 2. The van der Waals surface area contributed by atoms with E-state index in [1.807, 2.05) is 29.7 Å². The molecule has 0 bridgehead atoms. The van der Waals surface area contributed by atoms with Crippen LogP contribution >= 0.6 is 23.2 Å². The van der Waals surface area contributed by atoms with Gasteiger partial charge < -0.3 is 0 Å². The van der Waals surface area contributed by atoms with Crippen molar-refractivity contribution in [3.63, 3.8) is 0 Å². The number of hydrogen-bond acceptors (Lipinski definition) is 1. The summed E-state index contributed by atoms with van der Waals surface area (Å²) in [5.41, 5.74) is 3.63. The molecule has 2 aromatic carbocycles. The number of halogens is 3. The molecule has 0 amide bonds. The van der Waals surface area contributed by atoms with Crippen molar-refractivity contribution in [2.45, 2.75) is 13.3 Å². The maximum absolute atomic E-state index is 13.8. The summed E-state index contributed by atoms with van der Waals surface area (Å²) in [4.78, 5) is 4.61. The minimum Gasteiger partial charge on any atom is -0.296 e. The number of rotatable bonds is 3. The highest BCUT2D eigenvalue weighted by Crippen LogP contribution is 2.27. The zero-order valence-electron chi connectivity index (χ0n) is 11.4. The fourth-order valence-electron chi connectivity index (χ4n) is 2.50. The molecular formula is C16H13Cl2FN2. The van der Waals surface area contributed by atoms with Gasteiger partial charge in [0, 0.05) is 12.3 Å². The fraction of sp³-hybridized carbons (Fsp3) is 0.188. The van der Waals surface area contributed by atoms with Gasteiger partial charge in [-0.1, -0.05) is 23.7 Å². The zero-order chi connectivity index (χ0) is 15.0. The summed E-state index contributed by atoms with van der Waals surface area (Å²) in [6, 6.07) is 10.7. The second kappa shape index (κ2) is 5.66. The molecule has 0 radical (unpaired) electrons. The van der Waals surface area contributed by atoms with E-state index < -0.39 is 5.82 Å². The molecule has 0 aliphatic heterocycles. The smallest absolute Gasteiger partial charge is 0.143 e. The Kier molecular flexibility index (Phi) is 3.87. The van der Waals surface area contributed by atoms with Crippen LogP contribution in [0.3, 0.4) is 0 Å². The summed E-state index contributed by atoms with van der Waals surface area (Å²) in [6.07, 6.45) is 0.611. The molecule has 108 valence electrons. The molecule has 0 N–H and O–H groups in total. The number of nitrogens with zero attached hydrogens (tertiary/aromatic N) is 2. The number of aryl methyl sites for hydroxylation is 2. The molecule has 0 aliphatic rings. The van der Waals surface area contributed by atoms with Crippen molar-refractivity contribution >= 4 is 34.2 Å². The van der Waals surface area contributed by atoms with E-state index >= 15 is 0 Å². The number of imidazole rings is 1. The lowest BCUT2D eigenvalue weighted by atomic mass is 10.2. The molecule has 0 unspecified atom stereocenters. The number of aromatic nitrogens is 2. The first-order valence-electron chi connectivity index (χ1n) is 6.60. The monoisotopic (exact) mass is 322 g/mol. The zero-order valence-corrected chi connectivity index (χ0v) is 12.9. The lowest BCUT2D eigenvalue weighted by Gasteiger charge is -2.10. The highest BCUT2D eigenvalue weighted by Gasteiger charge is 2.14. The molecule has 0 spiro atoms. The Bertz CT molecular complexity index is 811. The number of para-hydroxylation sites is 1. The molecule has 0 saturated carbocycles. The van der Waals surface area contributed by atoms with Gasteiger partial charge in [-0.15, -0.1) is 11.6 Å². The average molecular weight is 323 g/mol. The van der Waals surface area contributed by atoms with Gasteiger partial charge in [-0.3, -0.25) is 4.57 Å². The van der Waals surface area contributed by atoms with Crippen molar-refractivity contribution < 1.29 is 4.39 Å². The van der Waals surface area contributed by atoms with Crippen LogP contribution in [-0.2, 0) is 6.42 Å². The Morgan fingerprint density at radius 3 is 2.76 bits per heavy atom. The largest absolute Gasteiger partial charge is 0.296 e. The summed E-state index contributed by atoms with van der Waals surface area (Å²) < 4.78 is 15.7. The SMILES string of the molecule is Cc1cccc2nc(CCCl)n(-c3ccc(Cl)c(F)c3)c12. The van der Waals surface area contributed by atoms with Gasteiger partial charge in [-0.05, 0) is 36.8 Å². The van der Waals surface area contributed by atoms with Crippen LogP contribution in [0.1, 0.15) is 11.4 Å². The van der Waals surface area contributed by atoms with E-state index in [0.717, 1.165) is 22.4 Å². The van der Waals surface area contributed by atoms with E-state index in [9.17, 15) is 4.39 Å². The Hall–Kier alpha value is -1.58. The summed E-state index contributed by atoms with van der Waals surface area (Å²) >= 11 is 11.6. The molecule has 1 aromatic heterocycles. The Balaban J connectivity index is 2.32. The summed E-state index contributed by atoms with van der Waals surface area (Å²) in [5, 5.41) is 0.110. The Morgan fingerprint density at radius 1 is 1.24 bits per heavy atom. The van der Waals surface area contributed by atoms with Crippen LogP contribution in [0, 0.1) is 12.7 Å². The van der Waals surface area contributed by atoms with Crippen LogP contribution in [0.4, 0.5) is 4.39 Å².